The first-order chi connectivity index (χ1) is 9.71. The van der Waals surface area contributed by atoms with Crippen molar-refractivity contribution >= 4 is 5.69 Å². The highest BCUT2D eigenvalue weighted by molar-refractivity contribution is 5.47. The highest BCUT2D eigenvalue weighted by Gasteiger charge is 2.09. The quantitative estimate of drug-likeness (QED) is 0.757. The molecule has 0 aromatic heterocycles. The van der Waals surface area contributed by atoms with Gasteiger partial charge in [-0.2, -0.15) is 0 Å². The summed E-state index contributed by atoms with van der Waals surface area (Å²) in [6.45, 7) is 0.262. The number of anilines is 1. The van der Waals surface area contributed by atoms with Crippen LogP contribution in [0.4, 0.5) is 10.1 Å². The predicted octanol–water partition coefficient (Wildman–Crippen LogP) is 2.30. The fraction of sp³-hybridized carbons (Fsp3) is 0.250. The zero-order valence-electron chi connectivity index (χ0n) is 11.2. The number of hydrogen-bond donors (Lipinski definition) is 3. The number of benzene rings is 2. The number of hydrogen-bond acceptors (Lipinski definition) is 3. The van der Waals surface area contributed by atoms with Crippen LogP contribution in [0.3, 0.4) is 0 Å². The predicted molar refractivity (Wildman–Crippen MR) is 78.9 cm³/mol. The minimum absolute atomic E-state index is 0.0244. The Kier molecular flexibility index (Phi) is 5.09. The van der Waals surface area contributed by atoms with E-state index in [1.807, 2.05) is 30.3 Å². The van der Waals surface area contributed by atoms with Gasteiger partial charge in [0.25, 0.3) is 0 Å². The second-order valence-corrected chi connectivity index (χ2v) is 4.77. The normalized spacial score (nSPS) is 12.2. The van der Waals surface area contributed by atoms with E-state index in [0.717, 1.165) is 11.1 Å². The third-order valence-corrected chi connectivity index (χ3v) is 3.11. The van der Waals surface area contributed by atoms with Gasteiger partial charge in [0, 0.05) is 12.2 Å². The molecule has 0 saturated heterocycles. The molecule has 4 heteroatoms. The molecular formula is C16H19FN2O. The maximum absolute atomic E-state index is 13.4. The molecule has 0 bridgehead atoms. The molecule has 0 aliphatic carbocycles. The number of nitrogens with one attached hydrogen (secondary N) is 1. The van der Waals surface area contributed by atoms with Crippen molar-refractivity contribution in [1.29, 1.82) is 0 Å². The standard InChI is InChI=1S/C16H19FN2O/c17-14-6-13(10-18)8-15(9-14)19-16(11-20)7-12-4-2-1-3-5-12/h1-6,8-9,16,19-20H,7,10-11,18H2. The van der Waals surface area contributed by atoms with Gasteiger partial charge in [0.15, 0.2) is 0 Å². The van der Waals surface area contributed by atoms with Gasteiger partial charge in [0.05, 0.1) is 12.6 Å². The molecule has 20 heavy (non-hydrogen) atoms. The van der Waals surface area contributed by atoms with Gasteiger partial charge in [-0.15, -0.1) is 0 Å². The Balaban J connectivity index is 2.08. The Morgan fingerprint density at radius 3 is 2.50 bits per heavy atom. The number of aliphatic hydroxyl groups excluding tert-OH is 1. The largest absolute Gasteiger partial charge is 0.394 e. The Morgan fingerprint density at radius 2 is 1.85 bits per heavy atom. The summed E-state index contributed by atoms with van der Waals surface area (Å²) in [5.41, 5.74) is 8.02. The minimum atomic E-state index is -0.327. The number of aliphatic hydroxyl groups is 1. The zero-order valence-corrected chi connectivity index (χ0v) is 11.2. The van der Waals surface area contributed by atoms with Crippen LogP contribution in [0, 0.1) is 5.82 Å². The van der Waals surface area contributed by atoms with Crippen LogP contribution < -0.4 is 11.1 Å². The lowest BCUT2D eigenvalue weighted by molar-refractivity contribution is 0.273. The molecule has 0 aliphatic heterocycles. The lowest BCUT2D eigenvalue weighted by Crippen LogP contribution is -2.26. The summed E-state index contributed by atoms with van der Waals surface area (Å²) in [6.07, 6.45) is 0.672. The maximum Gasteiger partial charge on any atom is 0.125 e. The number of nitrogens with two attached hydrogens (primary N) is 1. The van der Waals surface area contributed by atoms with Crippen molar-refractivity contribution in [2.75, 3.05) is 11.9 Å². The van der Waals surface area contributed by atoms with E-state index in [9.17, 15) is 9.50 Å². The molecule has 2 aromatic carbocycles. The maximum atomic E-state index is 13.4. The summed E-state index contributed by atoms with van der Waals surface area (Å²) in [4.78, 5) is 0. The molecule has 0 aliphatic rings. The van der Waals surface area contributed by atoms with Crippen LogP contribution in [0.25, 0.3) is 0 Å². The summed E-state index contributed by atoms with van der Waals surface area (Å²) in [6, 6.07) is 14.3. The van der Waals surface area contributed by atoms with Crippen LogP contribution in [-0.4, -0.2) is 17.8 Å². The lowest BCUT2D eigenvalue weighted by atomic mass is 10.1. The first kappa shape index (κ1) is 14.5. The van der Waals surface area contributed by atoms with Gasteiger partial charge in [-0.25, -0.2) is 4.39 Å². The summed E-state index contributed by atoms with van der Waals surface area (Å²) < 4.78 is 13.4. The monoisotopic (exact) mass is 274 g/mol. The molecule has 0 spiro atoms. The van der Waals surface area contributed by atoms with Crippen LogP contribution in [0.15, 0.2) is 48.5 Å². The molecule has 0 heterocycles. The summed E-state index contributed by atoms with van der Waals surface area (Å²) >= 11 is 0. The van der Waals surface area contributed by atoms with Gasteiger partial charge >= 0.3 is 0 Å². The molecule has 2 aromatic rings. The summed E-state index contributed by atoms with van der Waals surface area (Å²) in [7, 11) is 0. The average molecular weight is 274 g/mol. The Bertz CT molecular complexity index is 545. The van der Waals surface area contributed by atoms with E-state index in [0.29, 0.717) is 12.1 Å². The van der Waals surface area contributed by atoms with Crippen molar-refractivity contribution in [1.82, 2.24) is 0 Å². The van der Waals surface area contributed by atoms with Gasteiger partial charge in [0.2, 0.25) is 0 Å². The first-order valence-electron chi connectivity index (χ1n) is 6.62. The van der Waals surface area contributed by atoms with Crippen LogP contribution in [-0.2, 0) is 13.0 Å². The van der Waals surface area contributed by atoms with E-state index >= 15 is 0 Å². The van der Waals surface area contributed by atoms with E-state index in [1.54, 1.807) is 6.07 Å². The number of halogens is 1. The molecule has 4 N–H and O–H groups in total. The number of rotatable bonds is 6. The SMILES string of the molecule is NCc1cc(F)cc(NC(CO)Cc2ccccc2)c1. The zero-order chi connectivity index (χ0) is 14.4. The third-order valence-electron chi connectivity index (χ3n) is 3.11. The van der Waals surface area contributed by atoms with Crippen LogP contribution in [0.2, 0.25) is 0 Å². The fourth-order valence-corrected chi connectivity index (χ4v) is 2.15. The van der Waals surface area contributed by atoms with E-state index in [4.69, 9.17) is 5.73 Å². The third kappa shape index (κ3) is 4.05. The van der Waals surface area contributed by atoms with E-state index in [2.05, 4.69) is 5.32 Å². The highest BCUT2D eigenvalue weighted by atomic mass is 19.1. The molecule has 1 atom stereocenters. The molecule has 0 amide bonds. The van der Waals surface area contributed by atoms with Crippen LogP contribution in [0.5, 0.6) is 0 Å². The van der Waals surface area contributed by atoms with Gasteiger partial charge in [-0.1, -0.05) is 30.3 Å². The van der Waals surface area contributed by atoms with Crippen LogP contribution in [0.1, 0.15) is 11.1 Å². The van der Waals surface area contributed by atoms with Crippen molar-refractivity contribution in [3.8, 4) is 0 Å². The van der Waals surface area contributed by atoms with Crippen molar-refractivity contribution in [3.05, 3.63) is 65.5 Å². The Morgan fingerprint density at radius 1 is 1.10 bits per heavy atom. The smallest absolute Gasteiger partial charge is 0.125 e. The van der Waals surface area contributed by atoms with Gasteiger partial charge in [-0.3, -0.25) is 0 Å². The molecule has 106 valence electrons. The van der Waals surface area contributed by atoms with Gasteiger partial charge in [0.1, 0.15) is 5.82 Å². The molecule has 2 rings (SSSR count). The van der Waals surface area contributed by atoms with Gasteiger partial charge < -0.3 is 16.2 Å². The Hall–Kier alpha value is -1.91. The molecule has 0 radical (unpaired) electrons. The van der Waals surface area contributed by atoms with Crippen molar-refractivity contribution in [2.45, 2.75) is 19.0 Å². The average Bonchev–Trinajstić information content (AvgIpc) is 2.47. The van der Waals surface area contributed by atoms with E-state index < -0.39 is 0 Å². The second-order valence-electron chi connectivity index (χ2n) is 4.77. The van der Waals surface area contributed by atoms with E-state index in [1.165, 1.54) is 12.1 Å². The first-order valence-corrected chi connectivity index (χ1v) is 6.62. The molecule has 0 fully saturated rings. The highest BCUT2D eigenvalue weighted by Crippen LogP contribution is 2.16. The molecule has 3 nitrogen and oxygen atoms in total. The second kappa shape index (κ2) is 7.03. The Labute approximate surface area is 118 Å². The van der Waals surface area contributed by atoms with Crippen molar-refractivity contribution < 1.29 is 9.50 Å². The lowest BCUT2D eigenvalue weighted by Gasteiger charge is -2.18. The molecule has 0 saturated carbocycles. The topological polar surface area (TPSA) is 58.3 Å². The van der Waals surface area contributed by atoms with Crippen LogP contribution >= 0.6 is 0 Å². The van der Waals surface area contributed by atoms with E-state index in [-0.39, 0.29) is 25.0 Å². The minimum Gasteiger partial charge on any atom is -0.394 e. The van der Waals surface area contributed by atoms with Crippen molar-refractivity contribution in [2.24, 2.45) is 5.73 Å². The fourth-order valence-electron chi connectivity index (χ4n) is 2.15. The van der Waals surface area contributed by atoms with Crippen molar-refractivity contribution in [3.63, 3.8) is 0 Å². The molecular weight excluding hydrogens is 255 g/mol. The van der Waals surface area contributed by atoms with Gasteiger partial charge in [-0.05, 0) is 35.7 Å². The summed E-state index contributed by atoms with van der Waals surface area (Å²) in [5, 5.41) is 12.6. The summed E-state index contributed by atoms with van der Waals surface area (Å²) in [5.74, 6) is -0.327. The molecule has 1 unspecified atom stereocenters.